The number of amides is 1. The molecule has 5 heteroatoms. The molecule has 1 aliphatic rings. The minimum atomic E-state index is 0.0399. The second-order valence-corrected chi connectivity index (χ2v) is 5.61. The molecule has 0 atom stereocenters. The topological polar surface area (TPSA) is 60.2 Å². The van der Waals surface area contributed by atoms with Crippen molar-refractivity contribution in [3.05, 3.63) is 65.5 Å². The average Bonchev–Trinajstić information content (AvgIpc) is 2.63. The molecular formula is C18H18N4O. The van der Waals surface area contributed by atoms with Crippen molar-refractivity contribution in [1.82, 2.24) is 14.8 Å². The Balaban J connectivity index is 1.56. The quantitative estimate of drug-likeness (QED) is 0.869. The van der Waals surface area contributed by atoms with E-state index in [0.29, 0.717) is 11.1 Å². The molecule has 23 heavy (non-hydrogen) atoms. The third kappa shape index (κ3) is 3.74. The number of rotatable bonds is 3. The lowest BCUT2D eigenvalue weighted by Crippen LogP contribution is -2.48. The molecule has 0 bridgehead atoms. The predicted molar refractivity (Wildman–Crippen MR) is 86.6 cm³/mol. The number of piperazine rings is 1. The summed E-state index contributed by atoms with van der Waals surface area (Å²) in [5, 5.41) is 8.81. The molecule has 0 radical (unpaired) electrons. The van der Waals surface area contributed by atoms with Gasteiger partial charge < -0.3 is 4.90 Å². The van der Waals surface area contributed by atoms with Crippen LogP contribution >= 0.6 is 0 Å². The van der Waals surface area contributed by atoms with Gasteiger partial charge in [-0.1, -0.05) is 0 Å². The molecule has 1 aliphatic heterocycles. The van der Waals surface area contributed by atoms with Crippen molar-refractivity contribution in [3.63, 3.8) is 0 Å². The van der Waals surface area contributed by atoms with Crippen LogP contribution in [0.5, 0.6) is 0 Å². The third-order valence-electron chi connectivity index (χ3n) is 4.08. The van der Waals surface area contributed by atoms with Gasteiger partial charge in [0.2, 0.25) is 0 Å². The molecule has 116 valence electrons. The second-order valence-electron chi connectivity index (χ2n) is 5.61. The number of benzene rings is 1. The van der Waals surface area contributed by atoms with E-state index in [4.69, 9.17) is 5.26 Å². The molecule has 1 saturated heterocycles. The Labute approximate surface area is 135 Å². The summed E-state index contributed by atoms with van der Waals surface area (Å²) in [4.78, 5) is 20.7. The summed E-state index contributed by atoms with van der Waals surface area (Å²) >= 11 is 0. The fourth-order valence-electron chi connectivity index (χ4n) is 2.73. The monoisotopic (exact) mass is 306 g/mol. The lowest BCUT2D eigenvalue weighted by molar-refractivity contribution is 0.0628. The Morgan fingerprint density at radius 1 is 1.04 bits per heavy atom. The molecule has 1 aromatic carbocycles. The zero-order valence-electron chi connectivity index (χ0n) is 12.9. The van der Waals surface area contributed by atoms with Crippen LogP contribution < -0.4 is 0 Å². The van der Waals surface area contributed by atoms with Crippen LogP contribution in [0.25, 0.3) is 0 Å². The van der Waals surface area contributed by atoms with E-state index in [9.17, 15) is 4.79 Å². The summed E-state index contributed by atoms with van der Waals surface area (Å²) in [5.41, 5.74) is 2.46. The summed E-state index contributed by atoms with van der Waals surface area (Å²) in [5.74, 6) is 0.0399. The van der Waals surface area contributed by atoms with Gasteiger partial charge in [0.05, 0.1) is 11.6 Å². The minimum absolute atomic E-state index is 0.0399. The van der Waals surface area contributed by atoms with Gasteiger partial charge in [-0.2, -0.15) is 5.26 Å². The first kappa shape index (κ1) is 15.2. The van der Waals surface area contributed by atoms with E-state index in [-0.39, 0.29) is 5.91 Å². The molecule has 2 heterocycles. The number of pyridine rings is 1. The van der Waals surface area contributed by atoms with Gasteiger partial charge in [0, 0.05) is 50.7 Å². The van der Waals surface area contributed by atoms with Crippen molar-refractivity contribution in [2.75, 3.05) is 26.2 Å². The Hall–Kier alpha value is -2.71. The van der Waals surface area contributed by atoms with Crippen molar-refractivity contribution in [2.45, 2.75) is 6.54 Å². The van der Waals surface area contributed by atoms with Crippen LogP contribution in [0, 0.1) is 11.3 Å². The van der Waals surface area contributed by atoms with Gasteiger partial charge in [-0.3, -0.25) is 14.7 Å². The van der Waals surface area contributed by atoms with Gasteiger partial charge in [-0.25, -0.2) is 0 Å². The molecule has 2 aromatic rings. The number of nitrogens with zero attached hydrogens (tertiary/aromatic N) is 4. The highest BCUT2D eigenvalue weighted by molar-refractivity contribution is 5.94. The number of aromatic nitrogens is 1. The molecular weight excluding hydrogens is 288 g/mol. The molecule has 1 amide bonds. The molecule has 0 aliphatic carbocycles. The van der Waals surface area contributed by atoms with E-state index in [2.05, 4.69) is 16.0 Å². The number of carbonyl (C=O) groups excluding carboxylic acids is 1. The highest BCUT2D eigenvalue weighted by Crippen LogP contribution is 2.12. The first-order valence-corrected chi connectivity index (χ1v) is 7.67. The zero-order valence-corrected chi connectivity index (χ0v) is 12.9. The molecule has 0 spiro atoms. The van der Waals surface area contributed by atoms with Crippen LogP contribution in [-0.2, 0) is 6.54 Å². The minimum Gasteiger partial charge on any atom is -0.336 e. The third-order valence-corrected chi connectivity index (χ3v) is 4.08. The lowest BCUT2D eigenvalue weighted by atomic mass is 10.1. The lowest BCUT2D eigenvalue weighted by Gasteiger charge is -2.34. The summed E-state index contributed by atoms with van der Waals surface area (Å²) in [6, 6.07) is 12.9. The smallest absolute Gasteiger partial charge is 0.253 e. The summed E-state index contributed by atoms with van der Waals surface area (Å²) in [7, 11) is 0. The van der Waals surface area contributed by atoms with Crippen LogP contribution in [0.3, 0.4) is 0 Å². The molecule has 1 aromatic heterocycles. The van der Waals surface area contributed by atoms with Gasteiger partial charge in [0.1, 0.15) is 0 Å². The van der Waals surface area contributed by atoms with E-state index in [1.54, 1.807) is 36.7 Å². The summed E-state index contributed by atoms with van der Waals surface area (Å²) in [6.07, 6.45) is 3.61. The molecule has 3 rings (SSSR count). The fourth-order valence-corrected chi connectivity index (χ4v) is 2.73. The molecule has 1 fully saturated rings. The number of hydrogen-bond donors (Lipinski definition) is 0. The first-order valence-electron chi connectivity index (χ1n) is 7.67. The van der Waals surface area contributed by atoms with Crippen LogP contribution in [0.2, 0.25) is 0 Å². The highest BCUT2D eigenvalue weighted by Gasteiger charge is 2.22. The largest absolute Gasteiger partial charge is 0.336 e. The van der Waals surface area contributed by atoms with E-state index in [1.165, 1.54) is 5.56 Å². The van der Waals surface area contributed by atoms with Gasteiger partial charge >= 0.3 is 0 Å². The van der Waals surface area contributed by atoms with E-state index in [1.807, 2.05) is 17.0 Å². The van der Waals surface area contributed by atoms with Gasteiger partial charge in [0.15, 0.2) is 0 Å². The Kier molecular flexibility index (Phi) is 4.65. The zero-order chi connectivity index (χ0) is 16.1. The van der Waals surface area contributed by atoms with Gasteiger partial charge in [-0.15, -0.1) is 0 Å². The fraction of sp³-hybridized carbons (Fsp3) is 0.278. The van der Waals surface area contributed by atoms with Crippen molar-refractivity contribution in [3.8, 4) is 6.07 Å². The maximum atomic E-state index is 12.5. The van der Waals surface area contributed by atoms with Crippen molar-refractivity contribution in [2.24, 2.45) is 0 Å². The maximum absolute atomic E-state index is 12.5. The number of hydrogen-bond acceptors (Lipinski definition) is 4. The summed E-state index contributed by atoms with van der Waals surface area (Å²) in [6.45, 7) is 4.07. The van der Waals surface area contributed by atoms with E-state index >= 15 is 0 Å². The molecule has 0 unspecified atom stereocenters. The highest BCUT2D eigenvalue weighted by atomic mass is 16.2. The van der Waals surface area contributed by atoms with E-state index in [0.717, 1.165) is 32.7 Å². The second kappa shape index (κ2) is 7.03. The average molecular weight is 306 g/mol. The SMILES string of the molecule is N#Cc1ccc(C(=O)N2CCN(Cc3ccncc3)CC2)cc1. The molecule has 0 N–H and O–H groups in total. The van der Waals surface area contributed by atoms with Crippen LogP contribution in [0.4, 0.5) is 0 Å². The van der Waals surface area contributed by atoms with Gasteiger partial charge in [0.25, 0.3) is 5.91 Å². The normalized spacial score (nSPS) is 15.2. The van der Waals surface area contributed by atoms with Crippen molar-refractivity contribution < 1.29 is 4.79 Å². The van der Waals surface area contributed by atoms with Crippen LogP contribution in [0.15, 0.2) is 48.8 Å². The van der Waals surface area contributed by atoms with E-state index < -0.39 is 0 Å². The van der Waals surface area contributed by atoms with Crippen molar-refractivity contribution in [1.29, 1.82) is 5.26 Å². The van der Waals surface area contributed by atoms with Crippen LogP contribution in [0.1, 0.15) is 21.5 Å². The molecule has 5 nitrogen and oxygen atoms in total. The predicted octanol–water partition coefficient (Wildman–Crippen LogP) is 1.91. The number of carbonyl (C=O) groups is 1. The number of nitriles is 1. The molecule has 0 saturated carbocycles. The standard InChI is InChI=1S/C18H18N4O/c19-13-15-1-3-17(4-2-15)18(23)22-11-9-21(10-12-22)14-16-5-7-20-8-6-16/h1-8H,9-12,14H2. The Bertz CT molecular complexity index is 698. The summed E-state index contributed by atoms with van der Waals surface area (Å²) < 4.78 is 0. The van der Waals surface area contributed by atoms with Crippen molar-refractivity contribution >= 4 is 5.91 Å². The Morgan fingerprint density at radius 2 is 1.70 bits per heavy atom. The van der Waals surface area contributed by atoms with Crippen LogP contribution in [-0.4, -0.2) is 46.9 Å². The Morgan fingerprint density at radius 3 is 2.30 bits per heavy atom. The first-order chi connectivity index (χ1) is 11.3. The maximum Gasteiger partial charge on any atom is 0.253 e. The van der Waals surface area contributed by atoms with Gasteiger partial charge in [-0.05, 0) is 42.0 Å².